The van der Waals surface area contributed by atoms with E-state index in [1.54, 1.807) is 17.0 Å². The summed E-state index contributed by atoms with van der Waals surface area (Å²) in [5.74, 6) is 0.175. The predicted octanol–water partition coefficient (Wildman–Crippen LogP) is 1.42. The van der Waals surface area contributed by atoms with Crippen LogP contribution in [0, 0.1) is 5.92 Å². The highest BCUT2D eigenvalue weighted by Gasteiger charge is 2.27. The maximum Gasteiger partial charge on any atom is 0.227 e. The zero-order chi connectivity index (χ0) is 15.4. The Morgan fingerprint density at radius 3 is 2.57 bits per heavy atom. The van der Waals surface area contributed by atoms with E-state index in [1.807, 2.05) is 19.1 Å². The minimum Gasteiger partial charge on any atom is -0.391 e. The molecule has 2 atom stereocenters. The van der Waals surface area contributed by atoms with E-state index in [4.69, 9.17) is 0 Å². The summed E-state index contributed by atoms with van der Waals surface area (Å²) < 4.78 is 0. The molecule has 0 aromatic heterocycles. The molecule has 21 heavy (non-hydrogen) atoms. The van der Waals surface area contributed by atoms with Crippen LogP contribution in [0.15, 0.2) is 24.3 Å². The molecular formula is C16H22N2O3. The molecule has 1 aromatic rings. The van der Waals surface area contributed by atoms with Gasteiger partial charge in [-0.3, -0.25) is 9.59 Å². The molecule has 2 amide bonds. The molecule has 0 aliphatic carbocycles. The van der Waals surface area contributed by atoms with Gasteiger partial charge in [-0.05, 0) is 30.0 Å². The highest BCUT2D eigenvalue weighted by atomic mass is 16.3. The second-order valence-electron chi connectivity index (χ2n) is 5.73. The van der Waals surface area contributed by atoms with Crippen LogP contribution in [0.2, 0.25) is 0 Å². The molecule has 0 bridgehead atoms. The van der Waals surface area contributed by atoms with E-state index in [0.717, 1.165) is 17.7 Å². The standard InChI is InChI=1S/C16H22N2O3/c1-11-7-8-18(10-15(11)20)16(21)9-13-3-5-14(6-4-13)17-12(2)19/h3-6,11,15,20H,7-10H2,1-2H3,(H,17,19). The van der Waals surface area contributed by atoms with Crippen molar-refractivity contribution < 1.29 is 14.7 Å². The van der Waals surface area contributed by atoms with Gasteiger partial charge in [-0.2, -0.15) is 0 Å². The zero-order valence-corrected chi connectivity index (χ0v) is 12.5. The van der Waals surface area contributed by atoms with Crippen molar-refractivity contribution in [1.29, 1.82) is 0 Å². The highest BCUT2D eigenvalue weighted by molar-refractivity contribution is 5.88. The summed E-state index contributed by atoms with van der Waals surface area (Å²) in [6.45, 7) is 4.60. The molecular weight excluding hydrogens is 268 g/mol. The molecule has 5 heteroatoms. The molecule has 1 aliphatic rings. The van der Waals surface area contributed by atoms with E-state index in [2.05, 4.69) is 5.32 Å². The summed E-state index contributed by atoms with van der Waals surface area (Å²) in [4.78, 5) is 24.9. The molecule has 5 nitrogen and oxygen atoms in total. The van der Waals surface area contributed by atoms with Crippen molar-refractivity contribution in [3.63, 3.8) is 0 Å². The summed E-state index contributed by atoms with van der Waals surface area (Å²) in [7, 11) is 0. The Morgan fingerprint density at radius 1 is 1.33 bits per heavy atom. The van der Waals surface area contributed by atoms with Gasteiger partial charge in [-0.1, -0.05) is 19.1 Å². The molecule has 1 aliphatic heterocycles. The fraction of sp³-hybridized carbons (Fsp3) is 0.500. The highest BCUT2D eigenvalue weighted by Crippen LogP contribution is 2.18. The van der Waals surface area contributed by atoms with Crippen molar-refractivity contribution in [2.24, 2.45) is 5.92 Å². The summed E-state index contributed by atoms with van der Waals surface area (Å²) >= 11 is 0. The molecule has 1 aromatic carbocycles. The van der Waals surface area contributed by atoms with Gasteiger partial charge in [0.1, 0.15) is 0 Å². The maximum atomic E-state index is 12.2. The first kappa shape index (κ1) is 15.5. The number of carbonyl (C=O) groups excluding carboxylic acids is 2. The maximum absolute atomic E-state index is 12.2. The van der Waals surface area contributed by atoms with Gasteiger partial charge in [0, 0.05) is 25.7 Å². The third kappa shape index (κ3) is 4.29. The van der Waals surface area contributed by atoms with Gasteiger partial charge in [0.2, 0.25) is 11.8 Å². The van der Waals surface area contributed by atoms with Gasteiger partial charge < -0.3 is 15.3 Å². The van der Waals surface area contributed by atoms with Crippen molar-refractivity contribution in [2.45, 2.75) is 32.8 Å². The fourth-order valence-electron chi connectivity index (χ4n) is 2.47. The number of amides is 2. The topological polar surface area (TPSA) is 69.6 Å². The zero-order valence-electron chi connectivity index (χ0n) is 12.5. The lowest BCUT2D eigenvalue weighted by atomic mass is 9.95. The van der Waals surface area contributed by atoms with E-state index >= 15 is 0 Å². The number of carbonyl (C=O) groups is 2. The number of nitrogens with one attached hydrogen (secondary N) is 1. The van der Waals surface area contributed by atoms with E-state index in [-0.39, 0.29) is 17.7 Å². The predicted molar refractivity (Wildman–Crippen MR) is 80.8 cm³/mol. The van der Waals surface area contributed by atoms with Gasteiger partial charge in [-0.15, -0.1) is 0 Å². The normalized spacial score (nSPS) is 22.0. The molecule has 2 rings (SSSR count). The smallest absolute Gasteiger partial charge is 0.227 e. The van der Waals surface area contributed by atoms with Gasteiger partial charge in [0.05, 0.1) is 12.5 Å². The van der Waals surface area contributed by atoms with Gasteiger partial charge in [0.15, 0.2) is 0 Å². The third-order valence-corrected chi connectivity index (χ3v) is 3.90. The van der Waals surface area contributed by atoms with Crippen LogP contribution in [-0.2, 0) is 16.0 Å². The van der Waals surface area contributed by atoms with Crippen molar-refractivity contribution in [2.75, 3.05) is 18.4 Å². The SMILES string of the molecule is CC(=O)Nc1ccc(CC(=O)N2CCC(C)C(O)C2)cc1. The number of likely N-dealkylation sites (tertiary alicyclic amines) is 1. The first-order chi connectivity index (χ1) is 9.95. The lowest BCUT2D eigenvalue weighted by Gasteiger charge is -2.34. The number of aliphatic hydroxyl groups is 1. The summed E-state index contributed by atoms with van der Waals surface area (Å²) in [5, 5.41) is 12.5. The van der Waals surface area contributed by atoms with Crippen LogP contribution < -0.4 is 5.32 Å². The lowest BCUT2D eigenvalue weighted by molar-refractivity contribution is -0.134. The Bertz CT molecular complexity index is 513. The molecule has 1 saturated heterocycles. The Hall–Kier alpha value is -1.88. The van der Waals surface area contributed by atoms with Crippen molar-refractivity contribution in [3.05, 3.63) is 29.8 Å². The monoisotopic (exact) mass is 290 g/mol. The number of anilines is 1. The molecule has 114 valence electrons. The van der Waals surface area contributed by atoms with Crippen LogP contribution >= 0.6 is 0 Å². The minimum absolute atomic E-state index is 0.0354. The Kier molecular flexibility index (Phi) is 4.96. The molecule has 1 fully saturated rings. The largest absolute Gasteiger partial charge is 0.391 e. The van der Waals surface area contributed by atoms with E-state index in [1.165, 1.54) is 6.92 Å². The molecule has 2 unspecified atom stereocenters. The number of hydrogen-bond acceptors (Lipinski definition) is 3. The number of aliphatic hydroxyl groups excluding tert-OH is 1. The fourth-order valence-corrected chi connectivity index (χ4v) is 2.47. The summed E-state index contributed by atoms with van der Waals surface area (Å²) in [5.41, 5.74) is 1.63. The number of β-amino-alcohol motifs (C(OH)–C–C–N with tert-alkyl or cyclic N) is 1. The number of rotatable bonds is 3. The molecule has 1 heterocycles. The Labute approximate surface area is 125 Å². The first-order valence-corrected chi connectivity index (χ1v) is 7.28. The van der Waals surface area contributed by atoms with Crippen LogP contribution in [-0.4, -0.2) is 41.0 Å². The number of piperidine rings is 1. The average Bonchev–Trinajstić information content (AvgIpc) is 2.43. The van der Waals surface area contributed by atoms with Gasteiger partial charge >= 0.3 is 0 Å². The van der Waals surface area contributed by atoms with Crippen LogP contribution in [0.4, 0.5) is 5.69 Å². The first-order valence-electron chi connectivity index (χ1n) is 7.28. The van der Waals surface area contributed by atoms with Crippen LogP contribution in [0.1, 0.15) is 25.8 Å². The number of hydrogen-bond donors (Lipinski definition) is 2. The number of nitrogens with zero attached hydrogens (tertiary/aromatic N) is 1. The minimum atomic E-state index is -0.426. The van der Waals surface area contributed by atoms with Crippen molar-refractivity contribution in [1.82, 2.24) is 4.90 Å². The molecule has 0 saturated carbocycles. The molecule has 2 N–H and O–H groups in total. The van der Waals surface area contributed by atoms with Crippen molar-refractivity contribution in [3.8, 4) is 0 Å². The summed E-state index contributed by atoms with van der Waals surface area (Å²) in [6.07, 6.45) is 0.736. The van der Waals surface area contributed by atoms with E-state index in [0.29, 0.717) is 19.5 Å². The van der Waals surface area contributed by atoms with Crippen molar-refractivity contribution >= 4 is 17.5 Å². The Morgan fingerprint density at radius 2 is 2.00 bits per heavy atom. The average molecular weight is 290 g/mol. The van der Waals surface area contributed by atoms with Gasteiger partial charge in [0.25, 0.3) is 0 Å². The van der Waals surface area contributed by atoms with Crippen LogP contribution in [0.3, 0.4) is 0 Å². The van der Waals surface area contributed by atoms with E-state index in [9.17, 15) is 14.7 Å². The molecule has 0 radical (unpaired) electrons. The summed E-state index contributed by atoms with van der Waals surface area (Å²) in [6, 6.07) is 7.26. The second-order valence-corrected chi connectivity index (χ2v) is 5.73. The van der Waals surface area contributed by atoms with Gasteiger partial charge in [-0.25, -0.2) is 0 Å². The van der Waals surface area contributed by atoms with Crippen LogP contribution in [0.25, 0.3) is 0 Å². The third-order valence-electron chi connectivity index (χ3n) is 3.90. The Balaban J connectivity index is 1.92. The second kappa shape index (κ2) is 6.72. The molecule has 0 spiro atoms. The lowest BCUT2D eigenvalue weighted by Crippen LogP contribution is -2.46. The quantitative estimate of drug-likeness (QED) is 0.884. The number of benzene rings is 1. The van der Waals surface area contributed by atoms with E-state index < -0.39 is 6.10 Å². The van der Waals surface area contributed by atoms with Crippen LogP contribution in [0.5, 0.6) is 0 Å².